The second-order valence-corrected chi connectivity index (χ2v) is 3.59. The van der Waals surface area contributed by atoms with Gasteiger partial charge in [0.25, 0.3) is 0 Å². The Balaban J connectivity index is 2.40. The van der Waals surface area contributed by atoms with E-state index in [1.54, 1.807) is 0 Å². The third kappa shape index (κ3) is 1.35. The van der Waals surface area contributed by atoms with E-state index < -0.39 is 0 Å². The topological polar surface area (TPSA) is 41.1 Å². The first-order valence-electron chi connectivity index (χ1n) is 4.89. The highest BCUT2D eigenvalue weighted by Crippen LogP contribution is 2.30. The maximum atomic E-state index is 11.6. The molecule has 0 aromatic heterocycles. The summed E-state index contributed by atoms with van der Waals surface area (Å²) in [6.45, 7) is 3.99. The number of hydrogen-bond donors (Lipinski definition) is 2. The van der Waals surface area contributed by atoms with Gasteiger partial charge in [0, 0.05) is 0 Å². The molecule has 3 heteroatoms. The van der Waals surface area contributed by atoms with E-state index in [1.165, 1.54) is 0 Å². The van der Waals surface area contributed by atoms with Crippen LogP contribution in [0.1, 0.15) is 18.9 Å². The molecule has 74 valence electrons. The smallest absolute Gasteiger partial charge is 0.246 e. The molecule has 14 heavy (non-hydrogen) atoms. The Labute approximate surface area is 83.5 Å². The zero-order chi connectivity index (χ0) is 10.1. The summed E-state index contributed by atoms with van der Waals surface area (Å²) in [7, 11) is 0. The van der Waals surface area contributed by atoms with Gasteiger partial charge in [-0.1, -0.05) is 19.1 Å². The predicted molar refractivity (Wildman–Crippen MR) is 57.5 cm³/mol. The molecule has 1 aliphatic rings. The van der Waals surface area contributed by atoms with Crippen molar-refractivity contribution in [2.24, 2.45) is 0 Å². The number of carbonyl (C=O) groups excluding carboxylic acids is 1. The fraction of sp³-hybridized carbons (Fsp3) is 0.364. The highest BCUT2D eigenvalue weighted by atomic mass is 16.2. The van der Waals surface area contributed by atoms with E-state index >= 15 is 0 Å². The van der Waals surface area contributed by atoms with Gasteiger partial charge in [-0.05, 0) is 25.0 Å². The van der Waals surface area contributed by atoms with E-state index in [2.05, 4.69) is 10.6 Å². The van der Waals surface area contributed by atoms with Crippen molar-refractivity contribution in [2.45, 2.75) is 26.3 Å². The summed E-state index contributed by atoms with van der Waals surface area (Å²) in [6.07, 6.45) is 0.805. The van der Waals surface area contributed by atoms with E-state index in [0.29, 0.717) is 0 Å². The molecule has 1 heterocycles. The molecule has 3 nitrogen and oxygen atoms in total. The lowest BCUT2D eigenvalue weighted by Gasteiger charge is -2.27. The Hall–Kier alpha value is -1.51. The molecule has 1 amide bonds. The number of aryl methyl sites for hydroxylation is 1. The van der Waals surface area contributed by atoms with E-state index in [0.717, 1.165) is 23.4 Å². The Morgan fingerprint density at radius 2 is 2.21 bits per heavy atom. The molecular weight excluding hydrogens is 176 g/mol. The number of nitrogens with one attached hydrogen (secondary N) is 2. The molecule has 0 aliphatic carbocycles. The monoisotopic (exact) mass is 190 g/mol. The number of rotatable bonds is 1. The van der Waals surface area contributed by atoms with Crippen LogP contribution in [-0.2, 0) is 4.79 Å². The number of fused-ring (bicyclic) bond motifs is 1. The number of benzene rings is 1. The lowest BCUT2D eigenvalue weighted by molar-refractivity contribution is -0.117. The third-order valence-corrected chi connectivity index (χ3v) is 2.58. The number of para-hydroxylation sites is 1. The second kappa shape index (κ2) is 3.33. The van der Waals surface area contributed by atoms with Crippen LogP contribution in [0.4, 0.5) is 11.4 Å². The summed E-state index contributed by atoms with van der Waals surface area (Å²) in [6, 6.07) is 5.88. The molecular formula is C11H14N2O. The van der Waals surface area contributed by atoms with Crippen LogP contribution in [0.2, 0.25) is 0 Å². The van der Waals surface area contributed by atoms with E-state index in [-0.39, 0.29) is 11.9 Å². The number of anilines is 2. The molecule has 0 fully saturated rings. The molecule has 0 bridgehead atoms. The fourth-order valence-electron chi connectivity index (χ4n) is 1.70. The minimum atomic E-state index is -0.0932. The van der Waals surface area contributed by atoms with Gasteiger partial charge in [0.1, 0.15) is 6.04 Å². The van der Waals surface area contributed by atoms with Crippen LogP contribution in [0.15, 0.2) is 18.2 Å². The van der Waals surface area contributed by atoms with Crippen molar-refractivity contribution in [2.75, 3.05) is 10.6 Å². The first-order valence-corrected chi connectivity index (χ1v) is 4.89. The third-order valence-electron chi connectivity index (χ3n) is 2.58. The highest BCUT2D eigenvalue weighted by Gasteiger charge is 2.24. The highest BCUT2D eigenvalue weighted by molar-refractivity contribution is 6.03. The molecule has 1 aromatic carbocycles. The molecule has 0 spiro atoms. The van der Waals surface area contributed by atoms with Crippen LogP contribution in [-0.4, -0.2) is 11.9 Å². The fourth-order valence-corrected chi connectivity index (χ4v) is 1.70. The number of amides is 1. The van der Waals surface area contributed by atoms with Crippen molar-refractivity contribution >= 4 is 17.3 Å². The van der Waals surface area contributed by atoms with Crippen LogP contribution in [0.3, 0.4) is 0 Å². The average Bonchev–Trinajstić information content (AvgIpc) is 2.19. The normalized spacial score (nSPS) is 19.6. The molecule has 1 atom stereocenters. The van der Waals surface area contributed by atoms with Gasteiger partial charge in [0.2, 0.25) is 5.91 Å². The zero-order valence-corrected chi connectivity index (χ0v) is 8.42. The molecule has 0 saturated carbocycles. The maximum Gasteiger partial charge on any atom is 0.246 e. The van der Waals surface area contributed by atoms with Gasteiger partial charge in [0.15, 0.2) is 0 Å². The molecule has 0 radical (unpaired) electrons. The van der Waals surface area contributed by atoms with E-state index in [9.17, 15) is 4.79 Å². The summed E-state index contributed by atoms with van der Waals surface area (Å²) in [5, 5.41) is 6.15. The molecule has 1 unspecified atom stereocenters. The molecule has 0 saturated heterocycles. The van der Waals surface area contributed by atoms with Crippen molar-refractivity contribution in [3.8, 4) is 0 Å². The predicted octanol–water partition coefficient (Wildman–Crippen LogP) is 2.14. The first kappa shape index (κ1) is 9.06. The van der Waals surface area contributed by atoms with E-state index in [4.69, 9.17) is 0 Å². The summed E-state index contributed by atoms with van der Waals surface area (Å²) in [5.41, 5.74) is 3.04. The second-order valence-electron chi connectivity index (χ2n) is 3.59. The quantitative estimate of drug-likeness (QED) is 0.712. The summed E-state index contributed by atoms with van der Waals surface area (Å²) in [5.74, 6) is 0.0642. The van der Waals surface area contributed by atoms with Gasteiger partial charge in [-0.15, -0.1) is 0 Å². The lowest BCUT2D eigenvalue weighted by Crippen LogP contribution is -2.38. The van der Waals surface area contributed by atoms with E-state index in [1.807, 2.05) is 32.0 Å². The van der Waals surface area contributed by atoms with Crippen molar-refractivity contribution in [1.82, 2.24) is 0 Å². The lowest BCUT2D eigenvalue weighted by atomic mass is 10.1. The average molecular weight is 190 g/mol. The van der Waals surface area contributed by atoms with Gasteiger partial charge in [-0.3, -0.25) is 4.79 Å². The SMILES string of the molecule is CCC1Nc2cccc(C)c2NC1=O. The summed E-state index contributed by atoms with van der Waals surface area (Å²) < 4.78 is 0. The first-order chi connectivity index (χ1) is 6.72. The summed E-state index contributed by atoms with van der Waals surface area (Å²) in [4.78, 5) is 11.6. The Morgan fingerprint density at radius 3 is 2.93 bits per heavy atom. The number of carbonyl (C=O) groups is 1. The summed E-state index contributed by atoms with van der Waals surface area (Å²) >= 11 is 0. The van der Waals surface area contributed by atoms with Crippen molar-refractivity contribution in [3.05, 3.63) is 23.8 Å². The van der Waals surface area contributed by atoms with Crippen molar-refractivity contribution < 1.29 is 4.79 Å². The Morgan fingerprint density at radius 1 is 1.43 bits per heavy atom. The van der Waals surface area contributed by atoms with Crippen LogP contribution in [0.5, 0.6) is 0 Å². The van der Waals surface area contributed by atoms with Gasteiger partial charge in [-0.25, -0.2) is 0 Å². The minimum Gasteiger partial charge on any atom is -0.372 e. The van der Waals surface area contributed by atoms with Gasteiger partial charge >= 0.3 is 0 Å². The molecule has 2 N–H and O–H groups in total. The zero-order valence-electron chi connectivity index (χ0n) is 8.42. The number of hydrogen-bond acceptors (Lipinski definition) is 2. The molecule has 2 rings (SSSR count). The minimum absolute atomic E-state index is 0.0642. The maximum absolute atomic E-state index is 11.6. The van der Waals surface area contributed by atoms with Crippen LogP contribution >= 0.6 is 0 Å². The van der Waals surface area contributed by atoms with Crippen LogP contribution in [0, 0.1) is 6.92 Å². The largest absolute Gasteiger partial charge is 0.372 e. The van der Waals surface area contributed by atoms with Crippen molar-refractivity contribution in [1.29, 1.82) is 0 Å². The standard InChI is InChI=1S/C11H14N2O/c1-3-8-11(14)13-10-7(2)5-4-6-9(10)12-8/h4-6,8,12H,3H2,1-2H3,(H,13,14). The van der Waals surface area contributed by atoms with Gasteiger partial charge < -0.3 is 10.6 Å². The van der Waals surface area contributed by atoms with Gasteiger partial charge in [0.05, 0.1) is 11.4 Å². The Kier molecular flexibility index (Phi) is 2.15. The van der Waals surface area contributed by atoms with Crippen LogP contribution < -0.4 is 10.6 Å². The Bertz CT molecular complexity index is 374. The van der Waals surface area contributed by atoms with Crippen molar-refractivity contribution in [3.63, 3.8) is 0 Å². The van der Waals surface area contributed by atoms with Crippen LogP contribution in [0.25, 0.3) is 0 Å². The molecule has 1 aromatic rings. The molecule has 1 aliphatic heterocycles. The van der Waals surface area contributed by atoms with Gasteiger partial charge in [-0.2, -0.15) is 0 Å².